The van der Waals surface area contributed by atoms with Crippen LogP contribution in [0.15, 0.2) is 54.9 Å². The van der Waals surface area contributed by atoms with E-state index in [1.807, 2.05) is 0 Å². The van der Waals surface area contributed by atoms with Gasteiger partial charge in [0.05, 0.1) is 16.6 Å². The molecule has 0 fully saturated rings. The van der Waals surface area contributed by atoms with Crippen molar-refractivity contribution in [3.63, 3.8) is 0 Å². The van der Waals surface area contributed by atoms with Crippen LogP contribution in [-0.4, -0.2) is 25.5 Å². The van der Waals surface area contributed by atoms with E-state index in [1.54, 1.807) is 48.8 Å². The number of rotatable bonds is 7. The van der Waals surface area contributed by atoms with Crippen LogP contribution in [-0.2, 0) is 13.3 Å². The Hall–Kier alpha value is -2.42. The van der Waals surface area contributed by atoms with Gasteiger partial charge in [-0.25, -0.2) is 4.68 Å². The monoisotopic (exact) mass is 543 g/mol. The number of anilines is 1. The lowest BCUT2D eigenvalue weighted by molar-refractivity contribution is 0.101. The lowest BCUT2D eigenvalue weighted by atomic mass is 10.2. The number of carbonyl (C=O) groups excluding carboxylic acids is 1. The van der Waals surface area contributed by atoms with Crippen molar-refractivity contribution in [2.75, 3.05) is 5.32 Å². The van der Waals surface area contributed by atoms with E-state index in [2.05, 4.69) is 15.5 Å². The van der Waals surface area contributed by atoms with Crippen molar-refractivity contribution >= 4 is 69.7 Å². The minimum Gasteiger partial charge on any atom is -0.468 e. The van der Waals surface area contributed by atoms with E-state index < -0.39 is 5.91 Å². The lowest BCUT2D eigenvalue weighted by Crippen LogP contribution is -2.15. The zero-order chi connectivity index (χ0) is 23.5. The van der Waals surface area contributed by atoms with Gasteiger partial charge in [0.25, 0.3) is 5.91 Å². The second-order valence-electron chi connectivity index (χ2n) is 6.74. The van der Waals surface area contributed by atoms with Crippen molar-refractivity contribution in [1.82, 2.24) is 19.6 Å². The predicted molar refractivity (Wildman–Crippen MR) is 130 cm³/mol. The van der Waals surface area contributed by atoms with Crippen LogP contribution in [0.1, 0.15) is 16.1 Å². The number of benzene rings is 2. The molecule has 0 saturated carbocycles. The Bertz CT molecular complexity index is 1280. The van der Waals surface area contributed by atoms with E-state index in [-0.39, 0.29) is 29.8 Å². The SMILES string of the molecule is O=C(Nc1nn(Cc2c(Cl)cccc2Cl)cc1Cl)c1ccn(COc2c(Cl)cccc2Cl)n1. The molecular weight excluding hydrogens is 532 g/mol. The maximum absolute atomic E-state index is 12.6. The lowest BCUT2D eigenvalue weighted by Gasteiger charge is -2.09. The van der Waals surface area contributed by atoms with E-state index in [9.17, 15) is 4.79 Å². The van der Waals surface area contributed by atoms with Crippen LogP contribution < -0.4 is 10.1 Å². The summed E-state index contributed by atoms with van der Waals surface area (Å²) in [5.41, 5.74) is 0.832. The van der Waals surface area contributed by atoms with Gasteiger partial charge in [-0.15, -0.1) is 0 Å². The third kappa shape index (κ3) is 5.57. The molecule has 0 aliphatic carbocycles. The molecule has 12 heteroatoms. The van der Waals surface area contributed by atoms with Crippen molar-refractivity contribution in [1.29, 1.82) is 0 Å². The summed E-state index contributed by atoms with van der Waals surface area (Å²) in [5, 5.41) is 13.1. The molecule has 0 atom stereocenters. The maximum atomic E-state index is 12.6. The summed E-state index contributed by atoms with van der Waals surface area (Å²) in [7, 11) is 0. The summed E-state index contributed by atoms with van der Waals surface area (Å²) in [6.07, 6.45) is 3.15. The van der Waals surface area contributed by atoms with Crippen LogP contribution in [0.5, 0.6) is 5.75 Å². The van der Waals surface area contributed by atoms with Gasteiger partial charge in [0.2, 0.25) is 0 Å². The Morgan fingerprint density at radius 3 is 2.15 bits per heavy atom. The highest BCUT2D eigenvalue weighted by molar-refractivity contribution is 6.37. The molecule has 33 heavy (non-hydrogen) atoms. The number of halogens is 5. The summed E-state index contributed by atoms with van der Waals surface area (Å²) in [6.45, 7) is 0.287. The Morgan fingerprint density at radius 1 is 0.848 bits per heavy atom. The largest absolute Gasteiger partial charge is 0.468 e. The number of para-hydroxylation sites is 1. The normalized spacial score (nSPS) is 10.9. The van der Waals surface area contributed by atoms with Gasteiger partial charge in [0.15, 0.2) is 24.0 Å². The number of hydrogen-bond acceptors (Lipinski definition) is 4. The molecule has 4 aromatic rings. The highest BCUT2D eigenvalue weighted by atomic mass is 35.5. The van der Waals surface area contributed by atoms with Crippen LogP contribution in [0.4, 0.5) is 5.82 Å². The molecule has 0 bridgehead atoms. The average Bonchev–Trinajstić information content (AvgIpc) is 3.37. The topological polar surface area (TPSA) is 74.0 Å². The molecule has 170 valence electrons. The van der Waals surface area contributed by atoms with Crippen LogP contribution >= 0.6 is 58.0 Å². The molecule has 1 amide bonds. The summed E-state index contributed by atoms with van der Waals surface area (Å²) < 4.78 is 8.57. The second kappa shape index (κ2) is 10.2. The van der Waals surface area contributed by atoms with E-state index >= 15 is 0 Å². The molecule has 2 aromatic carbocycles. The molecule has 0 unspecified atom stereocenters. The zero-order valence-corrected chi connectivity index (χ0v) is 20.4. The standard InChI is InChI=1S/C21H14Cl5N5O2/c22-13-3-1-4-14(23)12(13)9-31-10-17(26)20(29-31)27-21(32)18-7-8-30(28-18)11-33-19-15(24)5-2-6-16(19)25/h1-8,10H,9,11H2,(H,27,29,32). The summed E-state index contributed by atoms with van der Waals surface area (Å²) in [5.74, 6) is 0.0178. The van der Waals surface area contributed by atoms with E-state index in [1.165, 1.54) is 15.4 Å². The van der Waals surface area contributed by atoms with Gasteiger partial charge < -0.3 is 10.1 Å². The Morgan fingerprint density at radius 2 is 1.48 bits per heavy atom. The summed E-state index contributed by atoms with van der Waals surface area (Å²) in [4.78, 5) is 12.6. The predicted octanol–water partition coefficient (Wildman–Crippen LogP) is 6.68. The minimum absolute atomic E-state index is 0.00467. The maximum Gasteiger partial charge on any atom is 0.277 e. The third-order valence-electron chi connectivity index (χ3n) is 4.46. The molecule has 1 N–H and O–H groups in total. The van der Waals surface area contributed by atoms with Gasteiger partial charge in [0.1, 0.15) is 5.02 Å². The first-order chi connectivity index (χ1) is 15.8. The van der Waals surface area contributed by atoms with E-state index in [0.29, 0.717) is 31.4 Å². The smallest absolute Gasteiger partial charge is 0.277 e. The van der Waals surface area contributed by atoms with Crippen molar-refractivity contribution in [2.24, 2.45) is 0 Å². The van der Waals surface area contributed by atoms with Gasteiger partial charge >= 0.3 is 0 Å². The average molecular weight is 546 g/mol. The number of ether oxygens (including phenoxy) is 1. The van der Waals surface area contributed by atoms with Gasteiger partial charge in [-0.1, -0.05) is 70.1 Å². The molecule has 0 radical (unpaired) electrons. The first kappa shape index (κ1) is 23.7. The van der Waals surface area contributed by atoms with Crippen LogP contribution in [0.3, 0.4) is 0 Å². The van der Waals surface area contributed by atoms with Crippen molar-refractivity contribution < 1.29 is 9.53 Å². The van der Waals surface area contributed by atoms with Crippen molar-refractivity contribution in [3.05, 3.63) is 91.2 Å². The quantitative estimate of drug-likeness (QED) is 0.281. The van der Waals surface area contributed by atoms with E-state index in [0.717, 1.165) is 0 Å². The van der Waals surface area contributed by atoms with Gasteiger partial charge in [0, 0.05) is 28.0 Å². The zero-order valence-electron chi connectivity index (χ0n) is 16.6. The van der Waals surface area contributed by atoms with Crippen LogP contribution in [0.2, 0.25) is 25.1 Å². The van der Waals surface area contributed by atoms with Crippen molar-refractivity contribution in [2.45, 2.75) is 13.3 Å². The summed E-state index contributed by atoms with van der Waals surface area (Å²) in [6, 6.07) is 11.8. The molecular formula is C21H14Cl5N5O2. The molecule has 0 spiro atoms. The molecule has 2 heterocycles. The van der Waals surface area contributed by atoms with Gasteiger partial charge in [-0.05, 0) is 30.3 Å². The number of nitrogens with one attached hydrogen (secondary N) is 1. The van der Waals surface area contributed by atoms with Gasteiger partial charge in [-0.2, -0.15) is 10.2 Å². The first-order valence-corrected chi connectivity index (χ1v) is 11.3. The first-order valence-electron chi connectivity index (χ1n) is 9.39. The highest BCUT2D eigenvalue weighted by Crippen LogP contribution is 2.32. The van der Waals surface area contributed by atoms with Crippen molar-refractivity contribution in [3.8, 4) is 5.75 Å². The minimum atomic E-state index is -0.493. The second-order valence-corrected chi connectivity index (χ2v) is 8.78. The third-order valence-corrected chi connectivity index (χ3v) is 6.04. The number of nitrogens with zero attached hydrogens (tertiary/aromatic N) is 4. The molecule has 7 nitrogen and oxygen atoms in total. The molecule has 4 rings (SSSR count). The molecule has 2 aromatic heterocycles. The number of amides is 1. The van der Waals surface area contributed by atoms with Crippen LogP contribution in [0, 0.1) is 0 Å². The molecule has 0 aliphatic heterocycles. The number of aromatic nitrogens is 4. The fraction of sp³-hybridized carbons (Fsp3) is 0.0952. The van der Waals surface area contributed by atoms with Gasteiger partial charge in [-0.3, -0.25) is 9.48 Å². The number of carbonyl (C=O) groups is 1. The highest BCUT2D eigenvalue weighted by Gasteiger charge is 2.16. The number of hydrogen-bond donors (Lipinski definition) is 1. The Labute approximate surface area is 213 Å². The Kier molecular flexibility index (Phi) is 7.36. The fourth-order valence-corrected chi connectivity index (χ4v) is 4.11. The van der Waals surface area contributed by atoms with E-state index in [4.69, 9.17) is 62.7 Å². The fourth-order valence-electron chi connectivity index (χ4n) is 2.89. The summed E-state index contributed by atoms with van der Waals surface area (Å²) >= 11 is 30.8. The Balaban J connectivity index is 1.41. The molecule has 0 saturated heterocycles. The van der Waals surface area contributed by atoms with Crippen LogP contribution in [0.25, 0.3) is 0 Å². The molecule has 0 aliphatic rings.